The molecule has 1 aromatic heterocycles. The van der Waals surface area contributed by atoms with E-state index in [1.165, 1.54) is 12.1 Å². The highest BCUT2D eigenvalue weighted by Gasteiger charge is 2.30. The SMILES string of the molecule is Cn1ccnc1CCNC(=O)c1cccc(C(F)(F)F)c1. The van der Waals surface area contributed by atoms with Crippen molar-refractivity contribution in [1.82, 2.24) is 14.9 Å². The van der Waals surface area contributed by atoms with Gasteiger partial charge in [-0.25, -0.2) is 4.98 Å². The van der Waals surface area contributed by atoms with E-state index in [1.807, 2.05) is 11.6 Å². The number of carbonyl (C=O) groups excluding carboxylic acids is 1. The van der Waals surface area contributed by atoms with Gasteiger partial charge in [0.2, 0.25) is 0 Å². The van der Waals surface area contributed by atoms with Gasteiger partial charge in [-0.3, -0.25) is 4.79 Å². The third-order valence-electron chi connectivity index (χ3n) is 3.01. The molecule has 0 spiro atoms. The Morgan fingerprint density at radius 3 is 2.76 bits per heavy atom. The minimum atomic E-state index is -4.46. The molecule has 0 fully saturated rings. The van der Waals surface area contributed by atoms with E-state index in [0.717, 1.165) is 18.0 Å². The predicted octanol–water partition coefficient (Wildman–Crippen LogP) is 2.41. The van der Waals surface area contributed by atoms with Gasteiger partial charge >= 0.3 is 6.18 Å². The summed E-state index contributed by atoms with van der Waals surface area (Å²) >= 11 is 0. The number of alkyl halides is 3. The van der Waals surface area contributed by atoms with Crippen LogP contribution in [0, 0.1) is 0 Å². The van der Waals surface area contributed by atoms with Gasteiger partial charge in [0.15, 0.2) is 0 Å². The molecule has 0 atom stereocenters. The molecule has 112 valence electrons. The second kappa shape index (κ2) is 5.99. The number of hydrogen-bond donors (Lipinski definition) is 1. The van der Waals surface area contributed by atoms with Gasteiger partial charge in [-0.1, -0.05) is 6.07 Å². The van der Waals surface area contributed by atoms with Crippen LogP contribution in [0.1, 0.15) is 21.7 Å². The monoisotopic (exact) mass is 297 g/mol. The fraction of sp³-hybridized carbons (Fsp3) is 0.286. The van der Waals surface area contributed by atoms with Gasteiger partial charge in [-0.05, 0) is 18.2 Å². The number of benzene rings is 1. The Morgan fingerprint density at radius 2 is 2.14 bits per heavy atom. The van der Waals surface area contributed by atoms with Crippen molar-refractivity contribution in [1.29, 1.82) is 0 Å². The maximum Gasteiger partial charge on any atom is 0.416 e. The third kappa shape index (κ3) is 3.84. The van der Waals surface area contributed by atoms with Gasteiger partial charge in [0.05, 0.1) is 5.56 Å². The first-order valence-electron chi connectivity index (χ1n) is 6.29. The second-order valence-electron chi connectivity index (χ2n) is 4.54. The average Bonchev–Trinajstić information content (AvgIpc) is 2.83. The Labute approximate surface area is 119 Å². The Hall–Kier alpha value is -2.31. The lowest BCUT2D eigenvalue weighted by molar-refractivity contribution is -0.137. The third-order valence-corrected chi connectivity index (χ3v) is 3.01. The highest BCUT2D eigenvalue weighted by molar-refractivity contribution is 5.94. The van der Waals surface area contributed by atoms with E-state index >= 15 is 0 Å². The lowest BCUT2D eigenvalue weighted by atomic mass is 10.1. The Morgan fingerprint density at radius 1 is 1.38 bits per heavy atom. The molecule has 4 nitrogen and oxygen atoms in total. The summed E-state index contributed by atoms with van der Waals surface area (Å²) in [5.41, 5.74) is -0.844. The number of halogens is 3. The molecular formula is C14H14F3N3O. The van der Waals surface area contributed by atoms with E-state index in [4.69, 9.17) is 0 Å². The van der Waals surface area contributed by atoms with Crippen molar-refractivity contribution in [3.05, 3.63) is 53.6 Å². The van der Waals surface area contributed by atoms with Gasteiger partial charge < -0.3 is 9.88 Å². The normalized spacial score (nSPS) is 11.4. The van der Waals surface area contributed by atoms with Crippen LogP contribution >= 0.6 is 0 Å². The molecule has 21 heavy (non-hydrogen) atoms. The fourth-order valence-corrected chi connectivity index (χ4v) is 1.86. The van der Waals surface area contributed by atoms with Crippen LogP contribution in [0.5, 0.6) is 0 Å². The van der Waals surface area contributed by atoms with E-state index in [-0.39, 0.29) is 5.56 Å². The van der Waals surface area contributed by atoms with Crippen LogP contribution in [-0.2, 0) is 19.6 Å². The Balaban J connectivity index is 1.96. The van der Waals surface area contributed by atoms with Crippen molar-refractivity contribution in [3.63, 3.8) is 0 Å². The molecular weight excluding hydrogens is 283 g/mol. The minimum absolute atomic E-state index is 0.00957. The molecule has 0 saturated carbocycles. The second-order valence-corrected chi connectivity index (χ2v) is 4.54. The summed E-state index contributed by atoms with van der Waals surface area (Å²) in [7, 11) is 1.83. The van der Waals surface area contributed by atoms with E-state index in [2.05, 4.69) is 10.3 Å². The van der Waals surface area contributed by atoms with Crippen LogP contribution in [-0.4, -0.2) is 22.0 Å². The van der Waals surface area contributed by atoms with Gasteiger partial charge in [-0.15, -0.1) is 0 Å². The molecule has 0 aliphatic rings. The topological polar surface area (TPSA) is 46.9 Å². The fourth-order valence-electron chi connectivity index (χ4n) is 1.86. The van der Waals surface area contributed by atoms with Crippen molar-refractivity contribution in [2.24, 2.45) is 7.05 Å². The smallest absolute Gasteiger partial charge is 0.352 e. The molecule has 1 aromatic carbocycles. The van der Waals surface area contributed by atoms with E-state index in [9.17, 15) is 18.0 Å². The molecule has 0 aliphatic heterocycles. The van der Waals surface area contributed by atoms with Crippen molar-refractivity contribution < 1.29 is 18.0 Å². The molecule has 1 heterocycles. The number of imidazole rings is 1. The Kier molecular flexibility index (Phi) is 4.30. The molecule has 1 amide bonds. The molecule has 0 unspecified atom stereocenters. The molecule has 0 bridgehead atoms. The summed E-state index contributed by atoms with van der Waals surface area (Å²) in [5, 5.41) is 2.58. The zero-order valence-corrected chi connectivity index (χ0v) is 11.3. The van der Waals surface area contributed by atoms with Crippen molar-refractivity contribution >= 4 is 5.91 Å². The van der Waals surface area contributed by atoms with Crippen LogP contribution in [0.15, 0.2) is 36.7 Å². The summed E-state index contributed by atoms with van der Waals surface area (Å²) in [6.45, 7) is 0.305. The minimum Gasteiger partial charge on any atom is -0.352 e. The molecule has 0 saturated heterocycles. The van der Waals surface area contributed by atoms with E-state index in [0.29, 0.717) is 13.0 Å². The highest BCUT2D eigenvalue weighted by Crippen LogP contribution is 2.29. The number of amides is 1. The maximum absolute atomic E-state index is 12.6. The number of nitrogens with zero attached hydrogens (tertiary/aromatic N) is 2. The molecule has 7 heteroatoms. The lowest BCUT2D eigenvalue weighted by Crippen LogP contribution is -2.26. The summed E-state index contributed by atoms with van der Waals surface area (Å²) in [5.74, 6) is 0.259. The van der Waals surface area contributed by atoms with Crippen LogP contribution < -0.4 is 5.32 Å². The van der Waals surface area contributed by atoms with Gasteiger partial charge in [0.1, 0.15) is 5.82 Å². The van der Waals surface area contributed by atoms with Gasteiger partial charge in [0, 0.05) is 38.0 Å². The first-order valence-corrected chi connectivity index (χ1v) is 6.29. The van der Waals surface area contributed by atoms with Crippen molar-refractivity contribution in [2.75, 3.05) is 6.54 Å². The first-order chi connectivity index (χ1) is 9.88. The van der Waals surface area contributed by atoms with Crippen LogP contribution in [0.25, 0.3) is 0 Å². The zero-order valence-electron chi connectivity index (χ0n) is 11.3. The number of aromatic nitrogens is 2. The predicted molar refractivity (Wildman–Crippen MR) is 70.7 cm³/mol. The van der Waals surface area contributed by atoms with Crippen LogP contribution in [0.3, 0.4) is 0 Å². The van der Waals surface area contributed by atoms with Gasteiger partial charge in [0.25, 0.3) is 5.91 Å². The van der Waals surface area contributed by atoms with E-state index in [1.54, 1.807) is 12.4 Å². The number of aryl methyl sites for hydroxylation is 1. The Bertz CT molecular complexity index is 634. The number of carbonyl (C=O) groups is 1. The summed E-state index contributed by atoms with van der Waals surface area (Å²) in [4.78, 5) is 15.9. The first kappa shape index (κ1) is 15.1. The summed E-state index contributed by atoms with van der Waals surface area (Å²) in [6.07, 6.45) is -0.522. The highest BCUT2D eigenvalue weighted by atomic mass is 19.4. The molecule has 2 aromatic rings. The molecule has 1 N–H and O–H groups in total. The van der Waals surface area contributed by atoms with Crippen molar-refractivity contribution in [2.45, 2.75) is 12.6 Å². The number of hydrogen-bond acceptors (Lipinski definition) is 2. The van der Waals surface area contributed by atoms with Crippen LogP contribution in [0.4, 0.5) is 13.2 Å². The quantitative estimate of drug-likeness (QED) is 0.942. The van der Waals surface area contributed by atoms with Crippen LogP contribution in [0.2, 0.25) is 0 Å². The van der Waals surface area contributed by atoms with E-state index < -0.39 is 17.6 Å². The van der Waals surface area contributed by atoms with Crippen molar-refractivity contribution in [3.8, 4) is 0 Å². The van der Waals surface area contributed by atoms with Gasteiger partial charge in [-0.2, -0.15) is 13.2 Å². The zero-order chi connectivity index (χ0) is 15.5. The summed E-state index contributed by atoms with van der Waals surface area (Å²) < 4.78 is 39.5. The molecule has 0 aliphatic carbocycles. The lowest BCUT2D eigenvalue weighted by Gasteiger charge is -2.09. The standard InChI is InChI=1S/C14H14F3N3O/c1-20-8-7-18-12(20)5-6-19-13(21)10-3-2-4-11(9-10)14(15,16)17/h2-4,7-9H,5-6H2,1H3,(H,19,21). The number of rotatable bonds is 4. The molecule has 2 rings (SSSR count). The molecule has 0 radical (unpaired) electrons. The average molecular weight is 297 g/mol. The maximum atomic E-state index is 12.6. The number of nitrogens with one attached hydrogen (secondary N) is 1. The largest absolute Gasteiger partial charge is 0.416 e. The summed E-state index contributed by atoms with van der Waals surface area (Å²) in [6, 6.07) is 4.35.